The topological polar surface area (TPSA) is 75.7 Å². The highest BCUT2D eigenvalue weighted by Gasteiger charge is 2.29. The molecule has 1 aliphatic heterocycles. The molecule has 0 fully saturated rings. The summed E-state index contributed by atoms with van der Waals surface area (Å²) in [6, 6.07) is 24.5. The molecule has 0 radical (unpaired) electrons. The Balaban J connectivity index is 1.30. The lowest BCUT2D eigenvalue weighted by atomic mass is 10.0. The number of nitrogens with zero attached hydrogens (tertiary/aromatic N) is 1. The van der Waals surface area contributed by atoms with Gasteiger partial charge in [-0.25, -0.2) is 13.1 Å². The molecule has 0 spiro atoms. The maximum atomic E-state index is 13.1. The van der Waals surface area contributed by atoms with Crippen molar-refractivity contribution in [3.05, 3.63) is 94.5 Å². The number of ether oxygens (including phenoxy) is 1. The van der Waals surface area contributed by atoms with Crippen LogP contribution < -0.4 is 9.46 Å². The van der Waals surface area contributed by atoms with Gasteiger partial charge < -0.3 is 9.64 Å². The molecule has 0 saturated carbocycles. The fraction of sp³-hybridized carbons (Fsp3) is 0.233. The Morgan fingerprint density at radius 1 is 0.921 bits per heavy atom. The maximum Gasteiger partial charge on any atom is 0.254 e. The first kappa shape index (κ1) is 26.4. The second-order valence-electron chi connectivity index (χ2n) is 10.5. The monoisotopic (exact) mass is 592 g/mol. The van der Waals surface area contributed by atoms with Crippen LogP contribution in [0.2, 0.25) is 0 Å². The molecule has 196 valence electrons. The van der Waals surface area contributed by atoms with Gasteiger partial charge >= 0.3 is 0 Å². The summed E-state index contributed by atoms with van der Waals surface area (Å²) < 4.78 is 35.9. The van der Waals surface area contributed by atoms with E-state index in [0.717, 1.165) is 32.1 Å². The number of carbonyl (C=O) groups excluding carboxylic acids is 1. The minimum absolute atomic E-state index is 0.0474. The van der Waals surface area contributed by atoms with Crippen molar-refractivity contribution in [1.29, 1.82) is 0 Å². The van der Waals surface area contributed by atoms with Crippen LogP contribution >= 0.6 is 15.9 Å². The van der Waals surface area contributed by atoms with Gasteiger partial charge in [-0.2, -0.15) is 0 Å². The first-order valence-electron chi connectivity index (χ1n) is 12.4. The zero-order valence-electron chi connectivity index (χ0n) is 21.5. The number of sulfonamides is 1. The molecule has 6 nitrogen and oxygen atoms in total. The Labute approximate surface area is 231 Å². The number of hydrogen-bond acceptors (Lipinski definition) is 4. The fourth-order valence-electron chi connectivity index (χ4n) is 4.68. The molecule has 38 heavy (non-hydrogen) atoms. The van der Waals surface area contributed by atoms with Crippen LogP contribution in [0, 0.1) is 0 Å². The minimum Gasteiger partial charge on any atom is -0.492 e. The van der Waals surface area contributed by atoms with Crippen molar-refractivity contribution < 1.29 is 17.9 Å². The number of hydrogen-bond donors (Lipinski definition) is 1. The molecular weight excluding hydrogens is 564 g/mol. The Hall–Kier alpha value is -3.20. The summed E-state index contributed by atoms with van der Waals surface area (Å²) in [6.45, 7) is 6.70. The Kier molecular flexibility index (Phi) is 7.07. The lowest BCUT2D eigenvalue weighted by molar-refractivity contribution is 0.0753. The van der Waals surface area contributed by atoms with E-state index in [0.29, 0.717) is 30.8 Å². The van der Waals surface area contributed by atoms with Crippen LogP contribution in [0.5, 0.6) is 5.75 Å². The third-order valence-electron chi connectivity index (χ3n) is 6.32. The van der Waals surface area contributed by atoms with Crippen molar-refractivity contribution in [3.8, 4) is 16.9 Å². The van der Waals surface area contributed by atoms with Crippen LogP contribution in [0.15, 0.2) is 88.2 Å². The van der Waals surface area contributed by atoms with E-state index in [-0.39, 0.29) is 10.8 Å². The lowest BCUT2D eigenvalue weighted by Crippen LogP contribution is -2.40. The molecule has 1 aliphatic rings. The first-order valence-corrected chi connectivity index (χ1v) is 14.7. The molecule has 1 amide bonds. The third-order valence-corrected chi connectivity index (χ3v) is 8.63. The summed E-state index contributed by atoms with van der Waals surface area (Å²) in [4.78, 5) is 15.0. The van der Waals surface area contributed by atoms with Crippen molar-refractivity contribution in [2.24, 2.45) is 0 Å². The minimum atomic E-state index is -3.73. The van der Waals surface area contributed by atoms with Crippen molar-refractivity contribution in [2.75, 3.05) is 13.2 Å². The van der Waals surface area contributed by atoms with Gasteiger partial charge in [0.25, 0.3) is 5.91 Å². The highest BCUT2D eigenvalue weighted by Crippen LogP contribution is 2.32. The molecule has 8 heteroatoms. The van der Waals surface area contributed by atoms with Crippen LogP contribution in [0.25, 0.3) is 21.9 Å². The quantitative estimate of drug-likeness (QED) is 0.270. The second-order valence-corrected chi connectivity index (χ2v) is 13.0. The number of rotatable bonds is 7. The van der Waals surface area contributed by atoms with Crippen LogP contribution in [0.1, 0.15) is 36.7 Å². The molecule has 0 saturated heterocycles. The van der Waals surface area contributed by atoms with E-state index in [1.165, 1.54) is 0 Å². The molecule has 0 atom stereocenters. The van der Waals surface area contributed by atoms with E-state index < -0.39 is 15.6 Å². The highest BCUT2D eigenvalue weighted by molar-refractivity contribution is 9.10. The Bertz CT molecular complexity index is 1640. The summed E-state index contributed by atoms with van der Waals surface area (Å²) in [7, 11) is -3.73. The summed E-state index contributed by atoms with van der Waals surface area (Å²) >= 11 is 3.49. The molecular formula is C30H29BrN2O4S. The van der Waals surface area contributed by atoms with Gasteiger partial charge in [-0.05, 0) is 85.1 Å². The number of nitrogens with one attached hydrogen (secondary N) is 1. The zero-order valence-corrected chi connectivity index (χ0v) is 23.9. The van der Waals surface area contributed by atoms with E-state index in [1.807, 2.05) is 69.3 Å². The van der Waals surface area contributed by atoms with Gasteiger partial charge in [-0.3, -0.25) is 4.79 Å². The predicted molar refractivity (Wildman–Crippen MR) is 154 cm³/mol. The number of carbonyl (C=O) groups is 1. The summed E-state index contributed by atoms with van der Waals surface area (Å²) in [5.74, 6) is 0.710. The molecule has 4 aromatic rings. The largest absolute Gasteiger partial charge is 0.492 e. The summed E-state index contributed by atoms with van der Waals surface area (Å²) in [6.07, 6.45) is 0. The van der Waals surface area contributed by atoms with Crippen LogP contribution in [-0.4, -0.2) is 37.9 Å². The molecule has 1 N–H and O–H groups in total. The molecule has 0 aliphatic carbocycles. The summed E-state index contributed by atoms with van der Waals surface area (Å²) in [5.41, 5.74) is 2.26. The second kappa shape index (κ2) is 10.2. The molecule has 4 aromatic carbocycles. The molecule has 1 heterocycles. The van der Waals surface area contributed by atoms with Gasteiger partial charge in [-0.1, -0.05) is 52.3 Å². The summed E-state index contributed by atoms with van der Waals surface area (Å²) in [5, 5.41) is 2.21. The van der Waals surface area contributed by atoms with Crippen LogP contribution in [-0.2, 0) is 16.6 Å². The Morgan fingerprint density at radius 3 is 2.45 bits per heavy atom. The number of halogens is 1. The molecule has 0 aromatic heterocycles. The van der Waals surface area contributed by atoms with Crippen molar-refractivity contribution >= 4 is 42.6 Å². The molecule has 0 unspecified atom stereocenters. The van der Waals surface area contributed by atoms with Gasteiger partial charge in [0.2, 0.25) is 10.0 Å². The average Bonchev–Trinajstić information content (AvgIpc) is 3.17. The normalized spacial score (nSPS) is 13.7. The van der Waals surface area contributed by atoms with Crippen LogP contribution in [0.4, 0.5) is 0 Å². The highest BCUT2D eigenvalue weighted by atomic mass is 79.9. The lowest BCUT2D eigenvalue weighted by Gasteiger charge is -2.21. The van der Waals surface area contributed by atoms with Crippen LogP contribution in [0.3, 0.4) is 0 Å². The van der Waals surface area contributed by atoms with E-state index in [1.54, 1.807) is 29.2 Å². The number of fused-ring (bicyclic) bond motifs is 2. The van der Waals surface area contributed by atoms with Gasteiger partial charge in [0.1, 0.15) is 12.4 Å². The SMILES string of the molecule is CC(C)(C)NS(=O)(=O)c1ccccc1-c1ccc2c(c1)CN(CCOc1ccc3cc(Br)ccc3c1)C2=O. The smallest absolute Gasteiger partial charge is 0.254 e. The van der Waals surface area contributed by atoms with Crippen molar-refractivity contribution in [3.63, 3.8) is 0 Å². The van der Waals surface area contributed by atoms with Gasteiger partial charge in [0, 0.05) is 27.7 Å². The average molecular weight is 594 g/mol. The fourth-order valence-corrected chi connectivity index (χ4v) is 6.71. The van der Waals surface area contributed by atoms with Crippen molar-refractivity contribution in [1.82, 2.24) is 9.62 Å². The number of amides is 1. The van der Waals surface area contributed by atoms with E-state index in [2.05, 4.69) is 26.7 Å². The third kappa shape index (κ3) is 5.62. The van der Waals surface area contributed by atoms with Gasteiger partial charge in [0.05, 0.1) is 11.4 Å². The molecule has 0 bridgehead atoms. The zero-order chi connectivity index (χ0) is 27.1. The van der Waals surface area contributed by atoms with Gasteiger partial charge in [-0.15, -0.1) is 0 Å². The van der Waals surface area contributed by atoms with Gasteiger partial charge in [0.15, 0.2) is 0 Å². The van der Waals surface area contributed by atoms with E-state index >= 15 is 0 Å². The molecule has 5 rings (SSSR count). The predicted octanol–water partition coefficient (Wildman–Crippen LogP) is 6.38. The number of benzene rings is 4. The van der Waals surface area contributed by atoms with E-state index in [4.69, 9.17) is 4.74 Å². The van der Waals surface area contributed by atoms with E-state index in [9.17, 15) is 13.2 Å². The standard InChI is InChI=1S/C30H29BrN2O4S/c1-30(2,3)32-38(35,36)28-7-5-4-6-26(28)22-10-13-27-23(16-22)19-33(29(27)34)14-15-37-25-12-9-20-17-24(31)11-8-21(20)18-25/h4-13,16-18,32H,14-15,19H2,1-3H3. The first-order chi connectivity index (χ1) is 18.0. The van der Waals surface area contributed by atoms with Crippen molar-refractivity contribution in [2.45, 2.75) is 37.8 Å². The Morgan fingerprint density at radius 2 is 1.66 bits per heavy atom. The maximum absolute atomic E-state index is 13.1.